The number of nitrogens with zero attached hydrogens (tertiary/aromatic N) is 1. The van der Waals surface area contributed by atoms with Gasteiger partial charge in [-0.05, 0) is 32.6 Å². The van der Waals surface area contributed by atoms with Gasteiger partial charge in [0.25, 0.3) is 0 Å². The van der Waals surface area contributed by atoms with Crippen LogP contribution in [0, 0.1) is 5.92 Å². The van der Waals surface area contributed by atoms with Crippen LogP contribution in [0.4, 0.5) is 0 Å². The second kappa shape index (κ2) is 5.31. The molecule has 1 heterocycles. The van der Waals surface area contributed by atoms with Crippen LogP contribution < -0.4 is 0 Å². The molecule has 0 aromatic carbocycles. The van der Waals surface area contributed by atoms with Crippen LogP contribution in [0.15, 0.2) is 11.6 Å². The molecule has 2 atom stereocenters. The van der Waals surface area contributed by atoms with Gasteiger partial charge in [-0.15, -0.1) is 0 Å². The van der Waals surface area contributed by atoms with E-state index in [-0.39, 0.29) is 0 Å². The van der Waals surface area contributed by atoms with Gasteiger partial charge in [-0.25, -0.2) is 4.79 Å². The molecular weight excluding hydrogens is 190 g/mol. The van der Waals surface area contributed by atoms with Crippen molar-refractivity contribution in [1.29, 1.82) is 0 Å². The summed E-state index contributed by atoms with van der Waals surface area (Å²) >= 11 is 0. The van der Waals surface area contributed by atoms with Crippen molar-refractivity contribution < 1.29 is 9.90 Å². The Labute approximate surface area is 91.8 Å². The Balaban J connectivity index is 2.49. The van der Waals surface area contributed by atoms with E-state index in [4.69, 9.17) is 5.11 Å². The van der Waals surface area contributed by atoms with E-state index in [1.54, 1.807) is 6.92 Å². The van der Waals surface area contributed by atoms with E-state index in [0.29, 0.717) is 11.6 Å². The number of carboxylic acid groups (broad SMARTS) is 1. The Morgan fingerprint density at radius 2 is 2.13 bits per heavy atom. The van der Waals surface area contributed by atoms with Crippen molar-refractivity contribution in [2.75, 3.05) is 13.1 Å². The molecule has 86 valence electrons. The minimum atomic E-state index is -0.812. The first kappa shape index (κ1) is 12.2. The number of piperidine rings is 1. The normalized spacial score (nSPS) is 29.1. The Morgan fingerprint density at radius 3 is 2.73 bits per heavy atom. The van der Waals surface area contributed by atoms with Gasteiger partial charge < -0.3 is 5.11 Å². The molecule has 1 rings (SSSR count). The highest BCUT2D eigenvalue weighted by Gasteiger charge is 2.21. The lowest BCUT2D eigenvalue weighted by atomic mass is 9.95. The average molecular weight is 211 g/mol. The average Bonchev–Trinajstić information content (AvgIpc) is 2.18. The quantitative estimate of drug-likeness (QED) is 0.727. The summed E-state index contributed by atoms with van der Waals surface area (Å²) in [7, 11) is 0. The number of likely N-dealkylation sites (tertiary alicyclic amines) is 1. The lowest BCUT2D eigenvalue weighted by Crippen LogP contribution is -2.41. The topological polar surface area (TPSA) is 40.5 Å². The second-order valence-electron chi connectivity index (χ2n) is 4.68. The number of carbonyl (C=O) groups is 1. The first-order valence-electron chi connectivity index (χ1n) is 5.64. The van der Waals surface area contributed by atoms with E-state index in [9.17, 15) is 4.79 Å². The van der Waals surface area contributed by atoms with Gasteiger partial charge in [0.05, 0.1) is 0 Å². The van der Waals surface area contributed by atoms with Crippen molar-refractivity contribution in [1.82, 2.24) is 4.90 Å². The van der Waals surface area contributed by atoms with E-state index in [1.165, 1.54) is 12.8 Å². The van der Waals surface area contributed by atoms with Crippen LogP contribution in [-0.2, 0) is 4.79 Å². The van der Waals surface area contributed by atoms with Crippen molar-refractivity contribution in [3.63, 3.8) is 0 Å². The predicted octanol–water partition coefficient (Wildman–Crippen LogP) is 2.14. The molecular formula is C12H21NO2. The smallest absolute Gasteiger partial charge is 0.330 e. The highest BCUT2D eigenvalue weighted by atomic mass is 16.4. The van der Waals surface area contributed by atoms with Gasteiger partial charge >= 0.3 is 5.97 Å². The van der Waals surface area contributed by atoms with Gasteiger partial charge in [0.1, 0.15) is 0 Å². The third-order valence-electron chi connectivity index (χ3n) is 3.22. The molecule has 0 bridgehead atoms. The van der Waals surface area contributed by atoms with E-state index in [0.717, 1.165) is 19.0 Å². The largest absolute Gasteiger partial charge is 0.478 e. The van der Waals surface area contributed by atoms with Crippen LogP contribution in [0.3, 0.4) is 0 Å². The summed E-state index contributed by atoms with van der Waals surface area (Å²) in [6.07, 6.45) is 4.33. The van der Waals surface area contributed by atoms with Crippen molar-refractivity contribution in [3.05, 3.63) is 11.6 Å². The van der Waals surface area contributed by atoms with Crippen LogP contribution in [0.25, 0.3) is 0 Å². The van der Waals surface area contributed by atoms with Gasteiger partial charge in [-0.2, -0.15) is 0 Å². The standard InChI is InChI=1S/C12H21NO2/c1-9-4-5-11(3)13(8-9)7-6-10(2)12(14)15/h6,9,11H,4-5,7-8H2,1-3H3,(H,14,15). The molecule has 0 amide bonds. The molecule has 1 N–H and O–H groups in total. The molecule has 2 unspecified atom stereocenters. The molecule has 0 aliphatic carbocycles. The summed E-state index contributed by atoms with van der Waals surface area (Å²) in [6.45, 7) is 7.98. The minimum Gasteiger partial charge on any atom is -0.478 e. The van der Waals surface area contributed by atoms with Gasteiger partial charge in [-0.1, -0.05) is 13.0 Å². The zero-order valence-corrected chi connectivity index (χ0v) is 9.86. The van der Waals surface area contributed by atoms with Gasteiger partial charge in [-0.3, -0.25) is 4.90 Å². The summed E-state index contributed by atoms with van der Waals surface area (Å²) in [5.74, 6) is -0.0764. The lowest BCUT2D eigenvalue weighted by molar-refractivity contribution is -0.132. The zero-order valence-electron chi connectivity index (χ0n) is 9.86. The SMILES string of the molecule is CC(=CCN1CC(C)CCC1C)C(=O)O. The molecule has 3 heteroatoms. The first-order chi connectivity index (χ1) is 7.00. The van der Waals surface area contributed by atoms with Gasteiger partial charge in [0, 0.05) is 24.7 Å². The molecule has 0 aromatic heterocycles. The van der Waals surface area contributed by atoms with E-state index in [2.05, 4.69) is 18.7 Å². The molecule has 1 aliphatic heterocycles. The minimum absolute atomic E-state index is 0.445. The number of carboxylic acids is 1. The first-order valence-corrected chi connectivity index (χ1v) is 5.64. The monoisotopic (exact) mass is 211 g/mol. The summed E-state index contributed by atoms with van der Waals surface area (Å²) in [5, 5.41) is 8.74. The third kappa shape index (κ3) is 3.67. The van der Waals surface area contributed by atoms with E-state index < -0.39 is 5.97 Å². The summed E-state index contributed by atoms with van der Waals surface area (Å²) in [5.41, 5.74) is 0.445. The molecule has 1 fully saturated rings. The fourth-order valence-electron chi connectivity index (χ4n) is 1.98. The van der Waals surface area contributed by atoms with Crippen LogP contribution >= 0.6 is 0 Å². The lowest BCUT2D eigenvalue weighted by Gasteiger charge is -2.36. The van der Waals surface area contributed by atoms with Crippen molar-refractivity contribution in [3.8, 4) is 0 Å². The molecule has 0 saturated carbocycles. The molecule has 0 aromatic rings. The van der Waals surface area contributed by atoms with Gasteiger partial charge in [0.15, 0.2) is 0 Å². The summed E-state index contributed by atoms with van der Waals surface area (Å²) < 4.78 is 0. The number of rotatable bonds is 3. The van der Waals surface area contributed by atoms with Crippen molar-refractivity contribution >= 4 is 5.97 Å². The predicted molar refractivity (Wildman–Crippen MR) is 60.8 cm³/mol. The molecule has 0 radical (unpaired) electrons. The maximum absolute atomic E-state index is 10.6. The molecule has 3 nitrogen and oxygen atoms in total. The maximum Gasteiger partial charge on any atom is 0.330 e. The van der Waals surface area contributed by atoms with Crippen molar-refractivity contribution in [2.45, 2.75) is 39.7 Å². The van der Waals surface area contributed by atoms with Crippen molar-refractivity contribution in [2.24, 2.45) is 5.92 Å². The Kier molecular flexibility index (Phi) is 4.33. The van der Waals surface area contributed by atoms with Crippen LogP contribution in [0.1, 0.15) is 33.6 Å². The fourth-order valence-corrected chi connectivity index (χ4v) is 1.98. The van der Waals surface area contributed by atoms with E-state index in [1.807, 2.05) is 6.08 Å². The maximum atomic E-state index is 10.6. The van der Waals surface area contributed by atoms with Gasteiger partial charge in [0.2, 0.25) is 0 Å². The fraction of sp³-hybridized carbons (Fsp3) is 0.750. The number of hydrogen-bond donors (Lipinski definition) is 1. The highest BCUT2D eigenvalue weighted by Crippen LogP contribution is 2.21. The van der Waals surface area contributed by atoms with E-state index >= 15 is 0 Å². The van der Waals surface area contributed by atoms with Crippen LogP contribution in [-0.4, -0.2) is 35.1 Å². The molecule has 15 heavy (non-hydrogen) atoms. The summed E-state index contributed by atoms with van der Waals surface area (Å²) in [6, 6.07) is 0.582. The molecule has 1 aliphatic rings. The molecule has 1 saturated heterocycles. The third-order valence-corrected chi connectivity index (χ3v) is 3.22. The molecule has 0 spiro atoms. The Bertz CT molecular complexity index is 260. The highest BCUT2D eigenvalue weighted by molar-refractivity contribution is 5.85. The zero-order chi connectivity index (χ0) is 11.4. The van der Waals surface area contributed by atoms with Crippen LogP contribution in [0.2, 0.25) is 0 Å². The Hall–Kier alpha value is -0.830. The number of aliphatic carboxylic acids is 1. The number of hydrogen-bond acceptors (Lipinski definition) is 2. The summed E-state index contributed by atoms with van der Waals surface area (Å²) in [4.78, 5) is 13.0. The van der Waals surface area contributed by atoms with Crippen LogP contribution in [0.5, 0.6) is 0 Å². The second-order valence-corrected chi connectivity index (χ2v) is 4.68. The Morgan fingerprint density at radius 1 is 1.47 bits per heavy atom.